The van der Waals surface area contributed by atoms with Crippen LogP contribution in [0.2, 0.25) is 10.0 Å². The zero-order chi connectivity index (χ0) is 28.6. The number of ether oxygens (including phenoxy) is 1. The number of likely N-dealkylation sites (N-methyl/N-ethyl adjacent to an activating group) is 1. The normalized spacial score (nSPS) is 11.9. The van der Waals surface area contributed by atoms with Crippen molar-refractivity contribution in [3.63, 3.8) is 0 Å². The maximum absolute atomic E-state index is 13.9. The van der Waals surface area contributed by atoms with Crippen molar-refractivity contribution < 1.29 is 22.7 Å². The molecular formula is C28H31Cl2N3O5S. The molecule has 0 aliphatic carbocycles. The van der Waals surface area contributed by atoms with Crippen LogP contribution < -0.4 is 14.4 Å². The lowest BCUT2D eigenvalue weighted by atomic mass is 10.1. The van der Waals surface area contributed by atoms with E-state index in [-0.39, 0.29) is 29.6 Å². The average molecular weight is 593 g/mol. The molecule has 0 saturated heterocycles. The van der Waals surface area contributed by atoms with Gasteiger partial charge in [-0.25, -0.2) is 8.42 Å². The first-order valence-electron chi connectivity index (χ1n) is 12.4. The van der Waals surface area contributed by atoms with E-state index in [1.54, 1.807) is 69.3 Å². The van der Waals surface area contributed by atoms with Gasteiger partial charge in [0, 0.05) is 23.1 Å². The lowest BCUT2D eigenvalue weighted by Gasteiger charge is -2.32. The van der Waals surface area contributed by atoms with E-state index in [0.29, 0.717) is 27.9 Å². The maximum Gasteiger partial charge on any atom is 0.264 e. The number of carbonyl (C=O) groups is 2. The molecule has 2 amide bonds. The molecule has 0 heterocycles. The number of anilines is 1. The quantitative estimate of drug-likeness (QED) is 0.314. The van der Waals surface area contributed by atoms with Crippen LogP contribution in [0.3, 0.4) is 0 Å². The second-order valence-electron chi connectivity index (χ2n) is 8.55. The molecule has 11 heteroatoms. The molecule has 0 unspecified atom stereocenters. The van der Waals surface area contributed by atoms with Crippen LogP contribution in [0.5, 0.6) is 5.75 Å². The minimum absolute atomic E-state index is 0.00124. The predicted molar refractivity (Wildman–Crippen MR) is 154 cm³/mol. The molecule has 208 valence electrons. The second-order valence-corrected chi connectivity index (χ2v) is 11.3. The molecule has 1 atom stereocenters. The number of para-hydroxylation sites is 2. The Hall–Kier alpha value is -3.27. The lowest BCUT2D eigenvalue weighted by Crippen LogP contribution is -2.51. The molecule has 0 aliphatic rings. The summed E-state index contributed by atoms with van der Waals surface area (Å²) >= 11 is 12.4. The fourth-order valence-corrected chi connectivity index (χ4v) is 5.65. The molecule has 0 radical (unpaired) electrons. The first kappa shape index (κ1) is 30.3. The van der Waals surface area contributed by atoms with Crippen LogP contribution in [0.1, 0.15) is 26.3 Å². The molecule has 0 saturated carbocycles. The molecule has 3 aromatic rings. The van der Waals surface area contributed by atoms with E-state index >= 15 is 0 Å². The maximum atomic E-state index is 13.9. The summed E-state index contributed by atoms with van der Waals surface area (Å²) in [7, 11) is -4.26. The van der Waals surface area contributed by atoms with Crippen molar-refractivity contribution in [2.45, 2.75) is 38.3 Å². The van der Waals surface area contributed by atoms with Gasteiger partial charge in [0.1, 0.15) is 18.3 Å². The van der Waals surface area contributed by atoms with Crippen LogP contribution >= 0.6 is 23.2 Å². The summed E-state index contributed by atoms with van der Waals surface area (Å²) in [6.45, 7) is 5.20. The highest BCUT2D eigenvalue weighted by Crippen LogP contribution is 2.33. The summed E-state index contributed by atoms with van der Waals surface area (Å²) in [5.74, 6) is -0.683. The molecule has 0 spiro atoms. The Labute approximate surface area is 239 Å². The van der Waals surface area contributed by atoms with Crippen molar-refractivity contribution in [1.29, 1.82) is 0 Å². The van der Waals surface area contributed by atoms with E-state index in [1.807, 2.05) is 0 Å². The molecule has 8 nitrogen and oxygen atoms in total. The summed E-state index contributed by atoms with van der Waals surface area (Å²) in [6, 6.07) is 18.3. The first-order valence-corrected chi connectivity index (χ1v) is 14.6. The molecule has 0 aliphatic heterocycles. The number of rotatable bonds is 12. The monoisotopic (exact) mass is 591 g/mol. The van der Waals surface area contributed by atoms with Gasteiger partial charge in [0.25, 0.3) is 10.0 Å². The summed E-state index contributed by atoms with van der Waals surface area (Å²) in [5.41, 5.74) is 0.802. The molecule has 1 N–H and O–H groups in total. The van der Waals surface area contributed by atoms with Gasteiger partial charge in [-0.3, -0.25) is 13.9 Å². The summed E-state index contributed by atoms with van der Waals surface area (Å²) in [5, 5.41) is 3.51. The van der Waals surface area contributed by atoms with Gasteiger partial charge < -0.3 is 15.0 Å². The number of hydrogen-bond acceptors (Lipinski definition) is 5. The minimum atomic E-state index is -4.26. The van der Waals surface area contributed by atoms with Crippen molar-refractivity contribution in [2.24, 2.45) is 0 Å². The topological polar surface area (TPSA) is 96.0 Å². The minimum Gasteiger partial charge on any atom is -0.492 e. The van der Waals surface area contributed by atoms with Crippen LogP contribution in [-0.2, 0) is 26.2 Å². The molecule has 0 fully saturated rings. The molecule has 0 aromatic heterocycles. The Balaban J connectivity index is 2.09. The summed E-state index contributed by atoms with van der Waals surface area (Å²) in [6.07, 6.45) is 0. The smallest absolute Gasteiger partial charge is 0.264 e. The Morgan fingerprint density at radius 3 is 2.23 bits per heavy atom. The number of halogens is 2. The predicted octanol–water partition coefficient (Wildman–Crippen LogP) is 5.14. The average Bonchev–Trinajstić information content (AvgIpc) is 2.91. The van der Waals surface area contributed by atoms with Gasteiger partial charge in [0.2, 0.25) is 11.8 Å². The molecule has 3 aromatic carbocycles. The van der Waals surface area contributed by atoms with Gasteiger partial charge >= 0.3 is 0 Å². The Morgan fingerprint density at radius 1 is 0.949 bits per heavy atom. The van der Waals surface area contributed by atoms with Crippen LogP contribution in [0.25, 0.3) is 0 Å². The van der Waals surface area contributed by atoms with Gasteiger partial charge in [-0.1, -0.05) is 53.5 Å². The first-order chi connectivity index (χ1) is 18.6. The van der Waals surface area contributed by atoms with E-state index in [1.165, 1.54) is 29.2 Å². The van der Waals surface area contributed by atoms with Crippen LogP contribution in [0, 0.1) is 0 Å². The Kier molecular flexibility index (Phi) is 10.6. The van der Waals surface area contributed by atoms with Gasteiger partial charge in [0.15, 0.2) is 0 Å². The second kappa shape index (κ2) is 13.7. The van der Waals surface area contributed by atoms with Crippen molar-refractivity contribution in [2.75, 3.05) is 24.0 Å². The van der Waals surface area contributed by atoms with Crippen LogP contribution in [-0.4, -0.2) is 50.9 Å². The van der Waals surface area contributed by atoms with E-state index in [0.717, 1.165) is 4.31 Å². The number of benzene rings is 3. The number of sulfonamides is 1. The van der Waals surface area contributed by atoms with Gasteiger partial charge in [-0.15, -0.1) is 0 Å². The van der Waals surface area contributed by atoms with Gasteiger partial charge in [0.05, 0.1) is 17.2 Å². The van der Waals surface area contributed by atoms with Crippen LogP contribution in [0.4, 0.5) is 5.69 Å². The van der Waals surface area contributed by atoms with Crippen molar-refractivity contribution >= 4 is 50.7 Å². The van der Waals surface area contributed by atoms with E-state index in [4.69, 9.17) is 27.9 Å². The molecule has 39 heavy (non-hydrogen) atoms. The lowest BCUT2D eigenvalue weighted by molar-refractivity contribution is -0.139. The van der Waals surface area contributed by atoms with Crippen molar-refractivity contribution in [3.8, 4) is 5.75 Å². The number of nitrogens with one attached hydrogen (secondary N) is 1. The van der Waals surface area contributed by atoms with E-state index in [2.05, 4.69) is 5.32 Å². The van der Waals surface area contributed by atoms with E-state index in [9.17, 15) is 18.0 Å². The third kappa shape index (κ3) is 7.44. The summed E-state index contributed by atoms with van der Waals surface area (Å²) < 4.78 is 34.6. The number of amides is 2. The third-order valence-electron chi connectivity index (χ3n) is 5.93. The largest absolute Gasteiger partial charge is 0.492 e. The summed E-state index contributed by atoms with van der Waals surface area (Å²) in [4.78, 5) is 28.0. The Bertz CT molecular complexity index is 1400. The fourth-order valence-electron chi connectivity index (χ4n) is 3.90. The highest BCUT2D eigenvalue weighted by molar-refractivity contribution is 7.92. The Morgan fingerprint density at radius 2 is 1.59 bits per heavy atom. The standard InChI is InChI=1S/C28H31Cl2N3O5S/c1-4-31-28(35)20(3)32(18-21-10-6-7-11-24(21)30)27(34)19-33(25-12-8-9-13-26(25)38-5-2)39(36,37)23-16-14-22(29)15-17-23/h6-17,20H,4-5,18-19H2,1-3H3,(H,31,35)/t20-/m0/s1. The van der Waals surface area contributed by atoms with E-state index < -0.39 is 28.5 Å². The van der Waals surface area contributed by atoms with Gasteiger partial charge in [-0.05, 0) is 68.8 Å². The third-order valence-corrected chi connectivity index (χ3v) is 8.33. The fraction of sp³-hybridized carbons (Fsp3) is 0.286. The molecular weight excluding hydrogens is 561 g/mol. The number of hydrogen-bond donors (Lipinski definition) is 1. The molecule has 3 rings (SSSR count). The highest BCUT2D eigenvalue weighted by atomic mass is 35.5. The van der Waals surface area contributed by atoms with Crippen molar-refractivity contribution in [1.82, 2.24) is 10.2 Å². The number of carbonyl (C=O) groups excluding carboxylic acids is 2. The highest BCUT2D eigenvalue weighted by Gasteiger charge is 2.34. The van der Waals surface area contributed by atoms with Crippen LogP contribution in [0.15, 0.2) is 77.7 Å². The SMILES string of the molecule is CCNC(=O)[C@H](C)N(Cc1ccccc1Cl)C(=O)CN(c1ccccc1OCC)S(=O)(=O)c1ccc(Cl)cc1. The van der Waals surface area contributed by atoms with Crippen molar-refractivity contribution in [3.05, 3.63) is 88.4 Å². The zero-order valence-corrected chi connectivity index (χ0v) is 24.3. The number of nitrogens with zero attached hydrogens (tertiary/aromatic N) is 2. The zero-order valence-electron chi connectivity index (χ0n) is 21.9. The van der Waals surface area contributed by atoms with Gasteiger partial charge in [-0.2, -0.15) is 0 Å². The molecule has 0 bridgehead atoms.